The highest BCUT2D eigenvalue weighted by molar-refractivity contribution is 5.99. The van der Waals surface area contributed by atoms with Crippen molar-refractivity contribution < 1.29 is 68.4 Å². The van der Waals surface area contributed by atoms with Gasteiger partial charge in [0.05, 0.1) is 25.4 Å². The predicted molar refractivity (Wildman–Crippen MR) is 292 cm³/mol. The van der Waals surface area contributed by atoms with Crippen LogP contribution in [-0.4, -0.2) is 176 Å². The number of carboxylic acids is 1. The predicted octanol–water partition coefficient (Wildman–Crippen LogP) is -1.19. The molecular formula is C54H87N11O14. The quantitative estimate of drug-likeness (QED) is 0.0422. The highest BCUT2D eigenvalue weighted by atomic mass is 16.4. The van der Waals surface area contributed by atoms with Crippen LogP contribution in [0.2, 0.25) is 0 Å². The molecule has 25 nitrogen and oxygen atoms in total. The van der Waals surface area contributed by atoms with E-state index >= 15 is 0 Å². The molecule has 1 saturated heterocycles. The first kappa shape index (κ1) is 66.6. The summed E-state index contributed by atoms with van der Waals surface area (Å²) in [6.07, 6.45) is 1.23. The molecule has 0 bridgehead atoms. The van der Waals surface area contributed by atoms with Crippen molar-refractivity contribution in [1.82, 2.24) is 52.4 Å². The Morgan fingerprint density at radius 2 is 1.11 bits per heavy atom. The van der Waals surface area contributed by atoms with Crippen LogP contribution in [0, 0.1) is 29.6 Å². The van der Waals surface area contributed by atoms with Gasteiger partial charge in [0.25, 0.3) is 0 Å². The number of aliphatic carboxylic acids is 1. The number of aliphatic hydroxyl groups is 3. The van der Waals surface area contributed by atoms with Crippen LogP contribution < -0.4 is 48.3 Å². The number of aromatic amines is 1. The van der Waals surface area contributed by atoms with Crippen LogP contribution in [-0.2, 0) is 54.4 Å². The molecular weight excluding hydrogens is 1030 g/mol. The molecule has 2 aromatic rings. The number of aromatic nitrogens is 1. The first-order valence-electron chi connectivity index (χ1n) is 27.2. The second kappa shape index (κ2) is 31.2. The number of nitrogens with two attached hydrogens (primary N) is 1. The molecule has 0 aliphatic carbocycles. The van der Waals surface area contributed by atoms with Crippen molar-refractivity contribution in [2.45, 2.75) is 181 Å². The van der Waals surface area contributed by atoms with Crippen molar-refractivity contribution in [2.75, 3.05) is 19.8 Å². The summed E-state index contributed by atoms with van der Waals surface area (Å²) >= 11 is 0. The van der Waals surface area contributed by atoms with Crippen LogP contribution in [0.15, 0.2) is 30.5 Å². The van der Waals surface area contributed by atoms with E-state index < -0.39 is 157 Å². The van der Waals surface area contributed by atoms with Gasteiger partial charge < -0.3 is 78.6 Å². The lowest BCUT2D eigenvalue weighted by atomic mass is 9.97. The second-order valence-corrected chi connectivity index (χ2v) is 22.1. The number of carboxylic acid groups (broad SMARTS) is 1. The summed E-state index contributed by atoms with van der Waals surface area (Å²) in [5.74, 6) is -10.7. The lowest BCUT2D eigenvalue weighted by molar-refractivity contribution is -0.144. The van der Waals surface area contributed by atoms with Crippen molar-refractivity contribution in [3.05, 3.63) is 36.0 Å². The number of para-hydroxylation sites is 1. The van der Waals surface area contributed by atoms with Crippen molar-refractivity contribution in [1.29, 1.82) is 0 Å². The molecule has 15 N–H and O–H groups in total. The molecule has 1 aliphatic rings. The van der Waals surface area contributed by atoms with Crippen molar-refractivity contribution in [2.24, 2.45) is 35.3 Å². The largest absolute Gasteiger partial charge is 0.480 e. The topological polar surface area (TPSA) is 393 Å². The van der Waals surface area contributed by atoms with E-state index in [0.29, 0.717) is 35.7 Å². The number of rotatable bonds is 31. The van der Waals surface area contributed by atoms with E-state index in [1.165, 1.54) is 11.8 Å². The summed E-state index contributed by atoms with van der Waals surface area (Å²) in [6.45, 7) is 16.7. The SMILES string of the molecule is CC[C@H](C)[C@H](NC(=O)[C@@H](NC(=O)[C@H](CO)NC(=O)[C@H](CC(C)C)NC(=O)[C@H](Cc1c[nH]c2ccccc12)NC(=O)[C@@H](NC(=O)[C@@H](NC(=O)[C@@H]1CCCN1C(=O)[C@H](CO)NC(=O)[C@@H](N)CC(C)C)[C@@H](C)O)C(C)C)C(C)C)C(=O)O. The van der Waals surface area contributed by atoms with E-state index in [1.54, 1.807) is 85.9 Å². The first-order valence-corrected chi connectivity index (χ1v) is 27.2. The third kappa shape index (κ3) is 19.3. The maximum absolute atomic E-state index is 14.6. The summed E-state index contributed by atoms with van der Waals surface area (Å²) in [4.78, 5) is 141. The summed E-state index contributed by atoms with van der Waals surface area (Å²) in [5, 5.41) is 62.2. The number of nitrogens with zero attached hydrogens (tertiary/aromatic N) is 1. The Bertz CT molecular complexity index is 2430. The zero-order valence-electron chi connectivity index (χ0n) is 47.4. The summed E-state index contributed by atoms with van der Waals surface area (Å²) in [7, 11) is 0. The van der Waals surface area contributed by atoms with Gasteiger partial charge in [-0.15, -0.1) is 0 Å². The Morgan fingerprint density at radius 3 is 1.66 bits per heavy atom. The van der Waals surface area contributed by atoms with Gasteiger partial charge in [-0.05, 0) is 73.8 Å². The standard InChI is InChI=1S/C54H87N11O14/c1-12-30(10)43(54(78)79)63-51(75)42(29(8)9)61-48(72)38(24-66)59-46(70)36(21-27(4)5)57-47(71)37(22-32-23-56-35-17-14-13-16-33(32)35)58-50(74)41(28(6)7)62-52(76)44(31(11)68)64-49(73)40-18-15-19-65(40)53(77)39(25-67)60-45(69)34(55)20-26(2)3/h13-14,16-17,23,26-31,34,36-44,56,66-68H,12,15,18-22,24-25,55H2,1-11H3,(H,57,71)(H,58,74)(H,59,70)(H,60,69)(H,61,72)(H,62,76)(H,63,75)(H,64,73)(H,78,79)/t30-,31+,34-,36-,37-,38-,39-,40-,41-,42-,43-,44-/m0/s1. The number of carbonyl (C=O) groups excluding carboxylic acids is 9. The number of nitrogens with one attached hydrogen (secondary N) is 9. The third-order valence-corrected chi connectivity index (χ3v) is 13.9. The van der Waals surface area contributed by atoms with Crippen molar-refractivity contribution in [3.63, 3.8) is 0 Å². The molecule has 0 saturated carbocycles. The van der Waals surface area contributed by atoms with E-state index in [2.05, 4.69) is 47.5 Å². The second-order valence-electron chi connectivity index (χ2n) is 22.1. The van der Waals surface area contributed by atoms with Gasteiger partial charge in [0.1, 0.15) is 54.4 Å². The van der Waals surface area contributed by atoms with Crippen LogP contribution >= 0.6 is 0 Å². The number of likely N-dealkylation sites (tertiary alicyclic amines) is 1. The first-order chi connectivity index (χ1) is 37.1. The number of hydrogen-bond donors (Lipinski definition) is 14. The molecule has 3 rings (SSSR count). The van der Waals surface area contributed by atoms with Gasteiger partial charge in [-0.1, -0.05) is 93.9 Å². The van der Waals surface area contributed by atoms with Crippen LogP contribution in [0.25, 0.3) is 10.9 Å². The smallest absolute Gasteiger partial charge is 0.326 e. The number of hydrogen-bond acceptors (Lipinski definition) is 14. The minimum atomic E-state index is -1.67. The fourth-order valence-corrected chi connectivity index (χ4v) is 9.16. The number of benzene rings is 1. The fraction of sp³-hybridized carbons (Fsp3) is 0.667. The highest BCUT2D eigenvalue weighted by Gasteiger charge is 2.41. The van der Waals surface area contributed by atoms with E-state index in [-0.39, 0.29) is 37.6 Å². The maximum atomic E-state index is 14.6. The number of carbonyl (C=O) groups is 10. The normalized spacial score (nSPS) is 17.8. The van der Waals surface area contributed by atoms with E-state index in [0.717, 1.165) is 0 Å². The molecule has 1 aromatic carbocycles. The van der Waals surface area contributed by atoms with Gasteiger partial charge in [-0.3, -0.25) is 43.2 Å². The molecule has 0 radical (unpaired) electrons. The Labute approximate surface area is 461 Å². The molecule has 25 heteroatoms. The summed E-state index contributed by atoms with van der Waals surface area (Å²) in [6, 6.07) is -6.37. The molecule has 1 aromatic heterocycles. The lowest BCUT2D eigenvalue weighted by Crippen LogP contribution is -2.63. The van der Waals surface area contributed by atoms with E-state index in [9.17, 15) is 68.4 Å². The Balaban J connectivity index is 1.87. The number of H-pyrrole nitrogens is 1. The summed E-state index contributed by atoms with van der Waals surface area (Å²) < 4.78 is 0. The average molecular weight is 1110 g/mol. The van der Waals surface area contributed by atoms with Crippen molar-refractivity contribution in [3.8, 4) is 0 Å². The molecule has 1 fully saturated rings. The Hall–Kier alpha value is -6.70. The Morgan fingerprint density at radius 1 is 0.620 bits per heavy atom. The zero-order valence-corrected chi connectivity index (χ0v) is 47.4. The zero-order chi connectivity index (χ0) is 59.6. The monoisotopic (exact) mass is 1110 g/mol. The number of amides is 9. The number of fused-ring (bicyclic) bond motifs is 1. The molecule has 9 amide bonds. The molecule has 442 valence electrons. The van der Waals surface area contributed by atoms with Gasteiger partial charge in [0.2, 0.25) is 53.2 Å². The van der Waals surface area contributed by atoms with Gasteiger partial charge in [0, 0.05) is 30.1 Å². The van der Waals surface area contributed by atoms with Crippen LogP contribution in [0.3, 0.4) is 0 Å². The van der Waals surface area contributed by atoms with E-state index in [4.69, 9.17) is 5.73 Å². The molecule has 0 unspecified atom stereocenters. The third-order valence-electron chi connectivity index (χ3n) is 13.9. The average Bonchev–Trinajstić information content (AvgIpc) is 4.07. The number of aliphatic hydroxyl groups excluding tert-OH is 3. The molecule has 79 heavy (non-hydrogen) atoms. The summed E-state index contributed by atoms with van der Waals surface area (Å²) in [5.41, 5.74) is 7.29. The van der Waals surface area contributed by atoms with Gasteiger partial charge in [-0.2, -0.15) is 0 Å². The minimum absolute atomic E-state index is 0.00391. The van der Waals surface area contributed by atoms with Gasteiger partial charge in [-0.25, -0.2) is 4.79 Å². The van der Waals surface area contributed by atoms with Gasteiger partial charge >= 0.3 is 5.97 Å². The highest BCUT2D eigenvalue weighted by Crippen LogP contribution is 2.22. The molecule has 0 spiro atoms. The van der Waals surface area contributed by atoms with Crippen LogP contribution in [0.5, 0.6) is 0 Å². The van der Waals surface area contributed by atoms with Gasteiger partial charge in [0.15, 0.2) is 0 Å². The molecule has 1 aliphatic heterocycles. The lowest BCUT2D eigenvalue weighted by Gasteiger charge is -2.31. The Kier molecular flexibility index (Phi) is 26.3. The van der Waals surface area contributed by atoms with E-state index in [1.807, 2.05) is 13.8 Å². The van der Waals surface area contributed by atoms with Crippen LogP contribution in [0.4, 0.5) is 0 Å². The fourth-order valence-electron chi connectivity index (χ4n) is 9.16. The maximum Gasteiger partial charge on any atom is 0.326 e. The molecule has 2 heterocycles. The minimum Gasteiger partial charge on any atom is -0.480 e. The molecule has 12 atom stereocenters. The van der Waals surface area contributed by atoms with Crippen molar-refractivity contribution >= 4 is 70.0 Å². The van der Waals surface area contributed by atoms with Crippen LogP contribution in [0.1, 0.15) is 114 Å².